The Morgan fingerprint density at radius 3 is 2.30 bits per heavy atom. The Hall–Kier alpha value is -0.850. The van der Waals surface area contributed by atoms with Gasteiger partial charge in [0, 0.05) is 25.6 Å². The van der Waals surface area contributed by atoms with Crippen LogP contribution in [0.1, 0.15) is 39.0 Å². The number of hydrogen-bond acceptors (Lipinski definition) is 7. The van der Waals surface area contributed by atoms with Crippen molar-refractivity contribution in [2.45, 2.75) is 50.5 Å². The van der Waals surface area contributed by atoms with Crippen LogP contribution in [-0.4, -0.2) is 39.0 Å². The van der Waals surface area contributed by atoms with Gasteiger partial charge in [0.1, 0.15) is 11.4 Å². The predicted octanol–water partition coefficient (Wildman–Crippen LogP) is -2.79. The van der Waals surface area contributed by atoms with Crippen LogP contribution in [0.2, 0.25) is 0 Å². The first kappa shape index (κ1) is 24.2. The number of pyridine rings is 1. The highest BCUT2D eigenvalue weighted by atomic mass is 35.7. The zero-order valence-corrected chi connectivity index (χ0v) is 17.0. The van der Waals surface area contributed by atoms with E-state index in [2.05, 4.69) is 6.92 Å². The lowest BCUT2D eigenvalue weighted by molar-refractivity contribution is -2.00. The van der Waals surface area contributed by atoms with Crippen molar-refractivity contribution in [1.29, 1.82) is 0 Å². The number of unbranched alkanes of at least 4 members (excludes halogenated alkanes) is 4. The van der Waals surface area contributed by atoms with Crippen LogP contribution in [0.5, 0.6) is 0 Å². The average Bonchev–Trinajstić information content (AvgIpc) is 2.61. The second-order valence-electron chi connectivity index (χ2n) is 6.09. The van der Waals surface area contributed by atoms with Crippen molar-refractivity contribution in [3.8, 4) is 0 Å². The highest BCUT2D eigenvalue weighted by molar-refractivity contribution is 7.89. The normalized spacial score (nSPS) is 15.9. The molecule has 9 nitrogen and oxygen atoms in total. The number of aromatic nitrogens is 1. The minimum atomic E-state index is -4.94. The van der Waals surface area contributed by atoms with Crippen LogP contribution in [0.4, 0.5) is 0 Å². The van der Waals surface area contributed by atoms with E-state index in [1.807, 2.05) is 16.8 Å². The fourth-order valence-corrected chi connectivity index (χ4v) is 4.07. The standard InChI is InChI=1S/C16H27N2O3S.ClHO4/c1-2-3-4-5-6-9-17-10-7-8-16(15-17)22(19,20)18-11-13-21-14-12-18;2-1(3,4)5/h7-8,10,15H,2-6,9,11-14H2,1H3;(H,2,3,4,5)/q+1;/p-1. The molecule has 156 valence electrons. The Bertz CT molecular complexity index is 640. The smallest absolute Gasteiger partial charge is 0.249 e. The van der Waals surface area contributed by atoms with Gasteiger partial charge in [-0.2, -0.15) is 4.31 Å². The Morgan fingerprint density at radius 1 is 1.11 bits per heavy atom. The molecule has 0 unspecified atom stereocenters. The lowest BCUT2D eigenvalue weighted by atomic mass is 10.1. The van der Waals surface area contributed by atoms with E-state index < -0.39 is 20.3 Å². The molecule has 1 aromatic rings. The third-order valence-corrected chi connectivity index (χ3v) is 5.84. The molecule has 0 amide bonds. The fourth-order valence-electron chi connectivity index (χ4n) is 2.62. The number of halogens is 1. The summed E-state index contributed by atoms with van der Waals surface area (Å²) >= 11 is 0. The van der Waals surface area contributed by atoms with Gasteiger partial charge in [-0.05, 0) is 12.5 Å². The fraction of sp³-hybridized carbons (Fsp3) is 0.688. The summed E-state index contributed by atoms with van der Waals surface area (Å²) in [5, 5.41) is 0. The zero-order valence-electron chi connectivity index (χ0n) is 15.4. The van der Waals surface area contributed by atoms with Crippen LogP contribution in [0.15, 0.2) is 29.4 Å². The molecule has 1 aliphatic rings. The van der Waals surface area contributed by atoms with E-state index in [1.165, 1.54) is 30.0 Å². The Labute approximate surface area is 162 Å². The summed E-state index contributed by atoms with van der Waals surface area (Å²) in [6, 6.07) is 3.50. The first-order valence-electron chi connectivity index (χ1n) is 8.83. The maximum atomic E-state index is 12.6. The van der Waals surface area contributed by atoms with Gasteiger partial charge < -0.3 is 4.74 Å². The van der Waals surface area contributed by atoms with Crippen LogP contribution in [0.3, 0.4) is 0 Å². The summed E-state index contributed by atoms with van der Waals surface area (Å²) in [7, 11) is -8.34. The van der Waals surface area contributed by atoms with Crippen molar-refractivity contribution in [2.75, 3.05) is 26.3 Å². The molecule has 2 rings (SSSR count). The number of nitrogens with zero attached hydrogens (tertiary/aromatic N) is 2. The molecule has 0 radical (unpaired) electrons. The SMILES string of the molecule is CCCCCCC[n+]1cccc(S(=O)(=O)N2CCOCC2)c1.[O-][Cl+3]([O-])([O-])[O-]. The first-order chi connectivity index (χ1) is 12.6. The molecule has 0 bridgehead atoms. The number of sulfonamides is 1. The van der Waals surface area contributed by atoms with E-state index in [4.69, 9.17) is 23.4 Å². The van der Waals surface area contributed by atoms with E-state index >= 15 is 0 Å². The third-order valence-electron chi connectivity index (χ3n) is 3.96. The van der Waals surface area contributed by atoms with Crippen molar-refractivity contribution >= 4 is 10.0 Å². The van der Waals surface area contributed by atoms with Crippen LogP contribution in [0.25, 0.3) is 0 Å². The molecular formula is C16H27ClN2O7S. The second-order valence-corrected chi connectivity index (χ2v) is 8.78. The molecule has 1 fully saturated rings. The first-order valence-corrected chi connectivity index (χ1v) is 11.5. The molecule has 2 heterocycles. The van der Waals surface area contributed by atoms with E-state index in [0.29, 0.717) is 31.2 Å². The summed E-state index contributed by atoms with van der Waals surface area (Å²) in [6.45, 7) is 4.90. The summed E-state index contributed by atoms with van der Waals surface area (Å²) in [6.07, 6.45) is 9.75. The van der Waals surface area contributed by atoms with E-state index in [0.717, 1.165) is 13.0 Å². The summed E-state index contributed by atoms with van der Waals surface area (Å²) in [5.41, 5.74) is 0. The highest BCUT2D eigenvalue weighted by Crippen LogP contribution is 2.15. The van der Waals surface area contributed by atoms with Gasteiger partial charge in [-0.1, -0.05) is 26.2 Å². The molecule has 11 heteroatoms. The summed E-state index contributed by atoms with van der Waals surface area (Å²) in [4.78, 5) is 0.380. The molecule has 27 heavy (non-hydrogen) atoms. The van der Waals surface area contributed by atoms with Gasteiger partial charge in [-0.25, -0.2) is 31.6 Å². The molecular weight excluding hydrogens is 400 g/mol. The van der Waals surface area contributed by atoms with Gasteiger partial charge >= 0.3 is 0 Å². The minimum absolute atomic E-state index is 0.380. The predicted molar refractivity (Wildman–Crippen MR) is 85.0 cm³/mol. The minimum Gasteiger partial charge on any atom is -0.379 e. The van der Waals surface area contributed by atoms with Crippen molar-refractivity contribution in [1.82, 2.24) is 4.31 Å². The zero-order chi connectivity index (χ0) is 20.3. The van der Waals surface area contributed by atoms with Crippen LogP contribution < -0.4 is 23.2 Å². The Morgan fingerprint density at radius 2 is 1.70 bits per heavy atom. The van der Waals surface area contributed by atoms with Gasteiger partial charge in [0.25, 0.3) is 0 Å². The third kappa shape index (κ3) is 10.3. The van der Waals surface area contributed by atoms with Gasteiger partial charge in [0.2, 0.25) is 10.0 Å². The average molecular weight is 427 g/mol. The van der Waals surface area contributed by atoms with Gasteiger partial charge in [0.15, 0.2) is 12.4 Å². The van der Waals surface area contributed by atoms with E-state index in [-0.39, 0.29) is 0 Å². The van der Waals surface area contributed by atoms with E-state index in [9.17, 15) is 8.42 Å². The number of rotatable bonds is 8. The van der Waals surface area contributed by atoms with Gasteiger partial charge in [0.05, 0.1) is 13.2 Å². The van der Waals surface area contributed by atoms with Crippen molar-refractivity contribution in [3.05, 3.63) is 24.5 Å². The molecule has 0 aliphatic carbocycles. The largest absolute Gasteiger partial charge is 0.379 e. The van der Waals surface area contributed by atoms with E-state index in [1.54, 1.807) is 12.3 Å². The van der Waals surface area contributed by atoms with Gasteiger partial charge in [-0.15, -0.1) is 10.2 Å². The molecule has 0 spiro atoms. The Balaban J connectivity index is 0.000000646. The number of hydrogen-bond donors (Lipinski definition) is 0. The quantitative estimate of drug-likeness (QED) is 0.323. The molecule has 1 saturated heterocycles. The second kappa shape index (κ2) is 11.9. The number of morpholine rings is 1. The molecule has 0 aromatic carbocycles. The molecule has 1 aliphatic heterocycles. The molecule has 0 atom stereocenters. The lowest BCUT2D eigenvalue weighted by Crippen LogP contribution is -2.68. The van der Waals surface area contributed by atoms with Crippen molar-refractivity contribution in [2.24, 2.45) is 0 Å². The monoisotopic (exact) mass is 426 g/mol. The van der Waals surface area contributed by atoms with Crippen molar-refractivity contribution < 1.29 is 46.6 Å². The summed E-state index contributed by atoms with van der Waals surface area (Å²) in [5.74, 6) is 0. The molecule has 1 aromatic heterocycles. The summed E-state index contributed by atoms with van der Waals surface area (Å²) < 4.78 is 67.9. The van der Waals surface area contributed by atoms with Gasteiger partial charge in [-0.3, -0.25) is 0 Å². The van der Waals surface area contributed by atoms with Crippen molar-refractivity contribution in [3.63, 3.8) is 0 Å². The maximum Gasteiger partial charge on any atom is 0.249 e. The molecule has 0 N–H and O–H groups in total. The maximum absolute atomic E-state index is 12.6. The number of ether oxygens (including phenoxy) is 1. The van der Waals surface area contributed by atoms with Crippen LogP contribution >= 0.6 is 0 Å². The number of aryl methyl sites for hydroxylation is 1. The van der Waals surface area contributed by atoms with Crippen LogP contribution in [-0.2, 0) is 21.3 Å². The molecule has 0 saturated carbocycles. The topological polar surface area (TPSA) is 143 Å². The highest BCUT2D eigenvalue weighted by Gasteiger charge is 2.28. The van der Waals surface area contributed by atoms with Crippen LogP contribution in [0, 0.1) is 10.2 Å². The Kier molecular flexibility index (Phi) is 10.6. The lowest BCUT2D eigenvalue weighted by Gasteiger charge is -2.25.